The van der Waals surface area contributed by atoms with Gasteiger partial charge >= 0.3 is 7.12 Å². The molecule has 0 unspecified atom stereocenters. The van der Waals surface area contributed by atoms with Gasteiger partial charge < -0.3 is 14.6 Å². The topological polar surface area (TPSA) is 47.6 Å². The zero-order valence-corrected chi connectivity index (χ0v) is 13.6. The predicted molar refractivity (Wildman–Crippen MR) is 85.6 cm³/mol. The Balaban J connectivity index is 2.21. The number of anilines is 1. The number of rotatable bonds is 3. The first kappa shape index (κ1) is 16.7. The van der Waals surface area contributed by atoms with Crippen molar-refractivity contribution in [3.63, 3.8) is 0 Å². The molecule has 0 radical (unpaired) electrons. The van der Waals surface area contributed by atoms with Gasteiger partial charge in [0.2, 0.25) is 0 Å². The molecule has 22 heavy (non-hydrogen) atoms. The van der Waals surface area contributed by atoms with Crippen LogP contribution in [0.3, 0.4) is 0 Å². The summed E-state index contributed by atoms with van der Waals surface area (Å²) in [6, 6.07) is 4.49. The van der Waals surface area contributed by atoms with Crippen molar-refractivity contribution in [2.75, 3.05) is 5.32 Å². The summed E-state index contributed by atoms with van der Waals surface area (Å²) < 4.78 is 25.9. The Labute approximate surface area is 130 Å². The van der Waals surface area contributed by atoms with Crippen LogP contribution in [0.15, 0.2) is 30.4 Å². The summed E-state index contributed by atoms with van der Waals surface area (Å²) in [6.45, 7) is 12.8. The molecule has 0 aliphatic carbocycles. The average Bonchev–Trinajstić information content (AvgIpc) is 2.60. The maximum absolute atomic E-state index is 14.2. The number of hydrogen-bond acceptors (Lipinski definition) is 3. The first-order chi connectivity index (χ1) is 10.0. The lowest BCUT2D eigenvalue weighted by atomic mass is 9.79. The third-order valence-electron chi connectivity index (χ3n) is 4.15. The van der Waals surface area contributed by atoms with Crippen LogP contribution in [0.2, 0.25) is 0 Å². The van der Waals surface area contributed by atoms with Crippen molar-refractivity contribution < 1.29 is 18.5 Å². The Hall–Kier alpha value is -1.66. The number of carbonyl (C=O) groups is 1. The summed E-state index contributed by atoms with van der Waals surface area (Å²) >= 11 is 0. The minimum absolute atomic E-state index is 0.105. The van der Waals surface area contributed by atoms with E-state index in [9.17, 15) is 9.18 Å². The van der Waals surface area contributed by atoms with Gasteiger partial charge in [0.25, 0.3) is 5.91 Å². The maximum Gasteiger partial charge on any atom is 0.494 e. The molecule has 0 atom stereocenters. The third kappa shape index (κ3) is 3.08. The van der Waals surface area contributed by atoms with E-state index in [1.807, 2.05) is 27.7 Å². The number of amides is 1. The lowest BCUT2D eigenvalue weighted by molar-refractivity contribution is -0.112. The van der Waals surface area contributed by atoms with Gasteiger partial charge in [-0.05, 0) is 52.2 Å². The van der Waals surface area contributed by atoms with Crippen molar-refractivity contribution in [2.45, 2.75) is 45.8 Å². The van der Waals surface area contributed by atoms with E-state index in [1.165, 1.54) is 12.1 Å². The number of carbonyl (C=O) groups excluding carboxylic acids is 1. The molecule has 1 aromatic carbocycles. The van der Waals surface area contributed by atoms with Crippen molar-refractivity contribution in [2.24, 2.45) is 0 Å². The molecule has 1 saturated heterocycles. The van der Waals surface area contributed by atoms with Crippen LogP contribution in [0.4, 0.5) is 10.1 Å². The SMILES string of the molecule is C=C(C)C(=O)Nc1ccc(B2OC(C)(C)C(C)(C)O2)cc1F. The highest BCUT2D eigenvalue weighted by Gasteiger charge is 2.51. The molecule has 1 heterocycles. The van der Waals surface area contributed by atoms with E-state index in [0.29, 0.717) is 11.0 Å². The number of nitrogens with one attached hydrogen (secondary N) is 1. The average molecular weight is 305 g/mol. The van der Waals surface area contributed by atoms with Crippen molar-refractivity contribution in [3.05, 3.63) is 36.2 Å². The molecule has 2 rings (SSSR count). The zero-order chi connectivity index (χ0) is 16.7. The highest BCUT2D eigenvalue weighted by atomic mass is 19.1. The maximum atomic E-state index is 14.2. The van der Waals surface area contributed by atoms with Crippen LogP contribution >= 0.6 is 0 Å². The van der Waals surface area contributed by atoms with Gasteiger partial charge in [-0.2, -0.15) is 0 Å². The molecule has 1 amide bonds. The van der Waals surface area contributed by atoms with Crippen LogP contribution in [0.5, 0.6) is 0 Å². The third-order valence-corrected chi connectivity index (χ3v) is 4.15. The summed E-state index contributed by atoms with van der Waals surface area (Å²) in [5.74, 6) is -0.955. The highest BCUT2D eigenvalue weighted by molar-refractivity contribution is 6.62. The first-order valence-electron chi connectivity index (χ1n) is 7.15. The summed E-state index contributed by atoms with van der Waals surface area (Å²) in [4.78, 5) is 11.5. The van der Waals surface area contributed by atoms with Gasteiger partial charge in [0, 0.05) is 5.57 Å². The van der Waals surface area contributed by atoms with E-state index in [1.54, 1.807) is 13.0 Å². The number of halogens is 1. The standard InChI is InChI=1S/C16H21BFNO3/c1-10(2)14(20)19-13-8-7-11(9-12(13)18)17-21-15(3,4)16(5,6)22-17/h7-9H,1H2,2-6H3,(H,19,20). The van der Waals surface area contributed by atoms with Crippen molar-refractivity contribution in [1.29, 1.82) is 0 Å². The van der Waals surface area contributed by atoms with E-state index in [0.717, 1.165) is 0 Å². The first-order valence-corrected chi connectivity index (χ1v) is 7.15. The van der Waals surface area contributed by atoms with E-state index in [2.05, 4.69) is 11.9 Å². The Morgan fingerprint density at radius 3 is 2.23 bits per heavy atom. The summed E-state index contributed by atoms with van der Waals surface area (Å²) in [6.07, 6.45) is 0. The lowest BCUT2D eigenvalue weighted by Crippen LogP contribution is -2.41. The highest BCUT2D eigenvalue weighted by Crippen LogP contribution is 2.36. The second kappa shape index (κ2) is 5.52. The summed E-state index contributed by atoms with van der Waals surface area (Å²) in [7, 11) is -0.634. The molecule has 1 aliphatic heterocycles. The van der Waals surface area contributed by atoms with Crippen molar-refractivity contribution >= 4 is 24.2 Å². The smallest absolute Gasteiger partial charge is 0.399 e. The molecule has 1 fully saturated rings. The quantitative estimate of drug-likeness (QED) is 0.690. The minimum atomic E-state index is -0.634. The molecule has 0 aromatic heterocycles. The van der Waals surface area contributed by atoms with Gasteiger partial charge in [0.1, 0.15) is 5.82 Å². The molecular formula is C16H21BFNO3. The lowest BCUT2D eigenvalue weighted by Gasteiger charge is -2.32. The van der Waals surface area contributed by atoms with Gasteiger partial charge in [0.15, 0.2) is 0 Å². The molecule has 1 aromatic rings. The molecule has 0 spiro atoms. The molecule has 1 aliphatic rings. The second-order valence-corrected chi connectivity index (χ2v) is 6.56. The normalized spacial score (nSPS) is 19.1. The van der Waals surface area contributed by atoms with Crippen LogP contribution in [-0.2, 0) is 14.1 Å². The minimum Gasteiger partial charge on any atom is -0.399 e. The van der Waals surface area contributed by atoms with Crippen LogP contribution in [0.25, 0.3) is 0 Å². The Morgan fingerprint density at radius 2 is 1.77 bits per heavy atom. The molecular weight excluding hydrogens is 284 g/mol. The summed E-state index contributed by atoms with van der Waals surface area (Å²) in [5, 5.41) is 2.46. The fourth-order valence-electron chi connectivity index (χ4n) is 1.99. The second-order valence-electron chi connectivity index (χ2n) is 6.56. The molecule has 118 valence electrons. The summed E-state index contributed by atoms with van der Waals surface area (Å²) in [5.41, 5.74) is 0.0225. The largest absolute Gasteiger partial charge is 0.494 e. The molecule has 6 heteroatoms. The van der Waals surface area contributed by atoms with Crippen LogP contribution in [-0.4, -0.2) is 24.2 Å². The number of benzene rings is 1. The van der Waals surface area contributed by atoms with Crippen molar-refractivity contribution in [3.8, 4) is 0 Å². The Morgan fingerprint density at radius 1 is 1.23 bits per heavy atom. The van der Waals surface area contributed by atoms with Gasteiger partial charge in [-0.15, -0.1) is 0 Å². The van der Waals surface area contributed by atoms with Crippen LogP contribution < -0.4 is 10.8 Å². The van der Waals surface area contributed by atoms with Gasteiger partial charge in [0.05, 0.1) is 16.9 Å². The number of hydrogen-bond donors (Lipinski definition) is 1. The zero-order valence-electron chi connectivity index (χ0n) is 13.6. The van der Waals surface area contributed by atoms with Crippen LogP contribution in [0, 0.1) is 5.82 Å². The molecule has 1 N–H and O–H groups in total. The predicted octanol–water partition coefficient (Wildman–Crippen LogP) is 2.64. The fourth-order valence-corrected chi connectivity index (χ4v) is 1.99. The van der Waals surface area contributed by atoms with Gasteiger partial charge in [-0.1, -0.05) is 12.6 Å². The molecule has 4 nitrogen and oxygen atoms in total. The Bertz CT molecular complexity index is 612. The Kier molecular flexibility index (Phi) is 4.19. The van der Waals surface area contributed by atoms with Crippen LogP contribution in [0.1, 0.15) is 34.6 Å². The van der Waals surface area contributed by atoms with Crippen molar-refractivity contribution in [1.82, 2.24) is 0 Å². The van der Waals surface area contributed by atoms with E-state index in [4.69, 9.17) is 9.31 Å². The molecule has 0 saturated carbocycles. The monoisotopic (exact) mass is 305 g/mol. The fraction of sp³-hybridized carbons (Fsp3) is 0.438. The van der Waals surface area contributed by atoms with E-state index >= 15 is 0 Å². The van der Waals surface area contributed by atoms with Gasteiger partial charge in [-0.25, -0.2) is 4.39 Å². The van der Waals surface area contributed by atoms with E-state index in [-0.39, 0.29) is 5.69 Å². The molecule has 0 bridgehead atoms. The van der Waals surface area contributed by atoms with Gasteiger partial charge in [-0.3, -0.25) is 4.79 Å². The van der Waals surface area contributed by atoms with E-state index < -0.39 is 30.0 Å².